The van der Waals surface area contributed by atoms with Crippen molar-refractivity contribution in [3.05, 3.63) is 65.0 Å². The van der Waals surface area contributed by atoms with Crippen LogP contribution in [-0.2, 0) is 4.79 Å². The molecule has 0 unspecified atom stereocenters. The quantitative estimate of drug-likeness (QED) is 0.832. The first-order valence-corrected chi connectivity index (χ1v) is 8.97. The Labute approximate surface area is 158 Å². The summed E-state index contributed by atoms with van der Waals surface area (Å²) in [5, 5.41) is 0. The van der Waals surface area contributed by atoms with Crippen LogP contribution in [0.5, 0.6) is 5.75 Å². The Balaban J connectivity index is 1.50. The number of hydrogen-bond donors (Lipinski definition) is 0. The van der Waals surface area contributed by atoms with Crippen molar-refractivity contribution < 1.29 is 18.7 Å². The van der Waals surface area contributed by atoms with Crippen LogP contribution >= 0.6 is 0 Å². The van der Waals surface area contributed by atoms with Crippen molar-refractivity contribution in [2.45, 2.75) is 13.8 Å². The molecule has 2 amide bonds. The number of aryl methyl sites for hydroxylation is 2. The number of carbonyl (C=O) groups excluding carboxylic acids is 2. The lowest BCUT2D eigenvalue weighted by atomic mass is 10.1. The molecule has 0 aromatic heterocycles. The minimum Gasteiger partial charge on any atom is -0.484 e. The van der Waals surface area contributed by atoms with Crippen molar-refractivity contribution in [2.24, 2.45) is 0 Å². The molecule has 1 aliphatic rings. The summed E-state index contributed by atoms with van der Waals surface area (Å²) < 4.78 is 18.3. The van der Waals surface area contributed by atoms with Gasteiger partial charge in [0.2, 0.25) is 0 Å². The zero-order valence-electron chi connectivity index (χ0n) is 15.6. The number of rotatable bonds is 4. The topological polar surface area (TPSA) is 49.9 Å². The Morgan fingerprint density at radius 3 is 2.19 bits per heavy atom. The molecule has 1 aliphatic heterocycles. The summed E-state index contributed by atoms with van der Waals surface area (Å²) in [5.41, 5.74) is 2.92. The van der Waals surface area contributed by atoms with Gasteiger partial charge in [0.15, 0.2) is 6.61 Å². The summed E-state index contributed by atoms with van der Waals surface area (Å²) in [6.45, 7) is 5.84. The van der Waals surface area contributed by atoms with Crippen LogP contribution in [0.15, 0.2) is 42.5 Å². The first-order valence-electron chi connectivity index (χ1n) is 8.97. The van der Waals surface area contributed by atoms with Gasteiger partial charge < -0.3 is 14.5 Å². The normalized spacial score (nSPS) is 14.2. The first-order chi connectivity index (χ1) is 12.9. The molecule has 0 saturated carbocycles. The molecule has 3 rings (SSSR count). The second-order valence-electron chi connectivity index (χ2n) is 6.71. The maximum atomic E-state index is 12.9. The number of halogens is 1. The summed E-state index contributed by atoms with van der Waals surface area (Å²) >= 11 is 0. The second-order valence-corrected chi connectivity index (χ2v) is 6.71. The third kappa shape index (κ3) is 4.64. The van der Waals surface area contributed by atoms with Crippen LogP contribution in [0.3, 0.4) is 0 Å². The number of piperazine rings is 1. The fourth-order valence-electron chi connectivity index (χ4n) is 2.98. The van der Waals surface area contributed by atoms with Gasteiger partial charge in [0, 0.05) is 31.7 Å². The molecule has 27 heavy (non-hydrogen) atoms. The van der Waals surface area contributed by atoms with Gasteiger partial charge in [-0.05, 0) is 61.4 Å². The monoisotopic (exact) mass is 370 g/mol. The predicted molar refractivity (Wildman–Crippen MR) is 100 cm³/mol. The Morgan fingerprint density at radius 2 is 1.56 bits per heavy atom. The van der Waals surface area contributed by atoms with E-state index >= 15 is 0 Å². The third-order valence-corrected chi connectivity index (χ3v) is 4.85. The molecular formula is C21H23FN2O3. The van der Waals surface area contributed by atoms with E-state index in [0.717, 1.165) is 11.1 Å². The van der Waals surface area contributed by atoms with Crippen molar-refractivity contribution in [1.82, 2.24) is 9.80 Å². The molecule has 1 fully saturated rings. The molecule has 0 aliphatic carbocycles. The minimum atomic E-state index is -0.349. The van der Waals surface area contributed by atoms with E-state index in [1.807, 2.05) is 32.0 Å². The van der Waals surface area contributed by atoms with Crippen LogP contribution in [0.4, 0.5) is 4.39 Å². The fourth-order valence-corrected chi connectivity index (χ4v) is 2.98. The highest BCUT2D eigenvalue weighted by Gasteiger charge is 2.25. The zero-order chi connectivity index (χ0) is 19.4. The molecule has 0 N–H and O–H groups in total. The molecular weight excluding hydrogens is 347 g/mol. The van der Waals surface area contributed by atoms with E-state index in [-0.39, 0.29) is 24.2 Å². The highest BCUT2D eigenvalue weighted by Crippen LogP contribution is 2.14. The van der Waals surface area contributed by atoms with Crippen LogP contribution in [0.2, 0.25) is 0 Å². The smallest absolute Gasteiger partial charge is 0.260 e. The fraction of sp³-hybridized carbons (Fsp3) is 0.333. The van der Waals surface area contributed by atoms with Crippen LogP contribution in [0.25, 0.3) is 0 Å². The molecule has 0 bridgehead atoms. The van der Waals surface area contributed by atoms with E-state index in [1.54, 1.807) is 9.80 Å². The average Bonchev–Trinajstić information content (AvgIpc) is 2.69. The van der Waals surface area contributed by atoms with Crippen molar-refractivity contribution in [2.75, 3.05) is 32.8 Å². The Kier molecular flexibility index (Phi) is 5.74. The molecule has 0 spiro atoms. The van der Waals surface area contributed by atoms with E-state index in [4.69, 9.17) is 4.74 Å². The molecule has 142 valence electrons. The van der Waals surface area contributed by atoms with Crippen molar-refractivity contribution >= 4 is 11.8 Å². The predicted octanol–water partition coefficient (Wildman–Crippen LogP) is 2.81. The van der Waals surface area contributed by atoms with Gasteiger partial charge in [-0.3, -0.25) is 9.59 Å². The lowest BCUT2D eigenvalue weighted by Gasteiger charge is -2.34. The standard InChI is InChI=1S/C21H23FN2O3/c1-15-3-4-17(13-16(15)2)21(26)24-11-9-23(10-12-24)20(25)14-27-19-7-5-18(22)6-8-19/h3-8,13H,9-12,14H2,1-2H3. The largest absolute Gasteiger partial charge is 0.484 e. The second kappa shape index (κ2) is 8.20. The van der Waals surface area contributed by atoms with Gasteiger partial charge >= 0.3 is 0 Å². The molecule has 2 aromatic carbocycles. The summed E-state index contributed by atoms with van der Waals surface area (Å²) in [5.74, 6) is -0.0445. The van der Waals surface area contributed by atoms with Gasteiger partial charge in [0.25, 0.3) is 11.8 Å². The number of carbonyl (C=O) groups is 2. The van der Waals surface area contributed by atoms with Crippen molar-refractivity contribution in [3.8, 4) is 5.75 Å². The van der Waals surface area contributed by atoms with Crippen molar-refractivity contribution in [1.29, 1.82) is 0 Å². The minimum absolute atomic E-state index is 0.00670. The van der Waals surface area contributed by atoms with Gasteiger partial charge in [-0.15, -0.1) is 0 Å². The maximum absolute atomic E-state index is 12.9. The number of nitrogens with zero attached hydrogens (tertiary/aromatic N) is 2. The summed E-state index contributed by atoms with van der Waals surface area (Å²) in [6, 6.07) is 11.3. The van der Waals surface area contributed by atoms with E-state index in [0.29, 0.717) is 37.5 Å². The van der Waals surface area contributed by atoms with Gasteiger partial charge in [-0.25, -0.2) is 4.39 Å². The molecule has 2 aromatic rings. The Hall–Kier alpha value is -2.89. The van der Waals surface area contributed by atoms with Gasteiger partial charge in [0.05, 0.1) is 0 Å². The number of hydrogen-bond acceptors (Lipinski definition) is 3. The summed E-state index contributed by atoms with van der Waals surface area (Å²) in [4.78, 5) is 28.4. The molecule has 0 radical (unpaired) electrons. The van der Waals surface area contributed by atoms with E-state index in [2.05, 4.69) is 0 Å². The molecule has 5 nitrogen and oxygen atoms in total. The summed E-state index contributed by atoms with van der Waals surface area (Å²) in [7, 11) is 0. The van der Waals surface area contributed by atoms with Gasteiger partial charge in [-0.2, -0.15) is 0 Å². The molecule has 0 atom stereocenters. The van der Waals surface area contributed by atoms with E-state index in [9.17, 15) is 14.0 Å². The molecule has 1 saturated heterocycles. The zero-order valence-corrected chi connectivity index (χ0v) is 15.6. The highest BCUT2D eigenvalue weighted by atomic mass is 19.1. The number of benzene rings is 2. The van der Waals surface area contributed by atoms with Gasteiger partial charge in [-0.1, -0.05) is 6.07 Å². The Bertz CT molecular complexity index is 828. The lowest BCUT2D eigenvalue weighted by Crippen LogP contribution is -2.51. The molecule has 1 heterocycles. The van der Waals surface area contributed by atoms with E-state index in [1.165, 1.54) is 24.3 Å². The van der Waals surface area contributed by atoms with Crippen LogP contribution < -0.4 is 4.74 Å². The average molecular weight is 370 g/mol. The first kappa shape index (κ1) is 18.9. The number of ether oxygens (including phenoxy) is 1. The highest BCUT2D eigenvalue weighted by molar-refractivity contribution is 5.94. The van der Waals surface area contributed by atoms with E-state index < -0.39 is 0 Å². The third-order valence-electron chi connectivity index (χ3n) is 4.85. The van der Waals surface area contributed by atoms with Crippen LogP contribution in [-0.4, -0.2) is 54.4 Å². The lowest BCUT2D eigenvalue weighted by molar-refractivity contribution is -0.134. The van der Waals surface area contributed by atoms with Crippen LogP contribution in [0.1, 0.15) is 21.5 Å². The SMILES string of the molecule is Cc1ccc(C(=O)N2CCN(C(=O)COc3ccc(F)cc3)CC2)cc1C. The van der Waals surface area contributed by atoms with Crippen LogP contribution in [0, 0.1) is 19.7 Å². The van der Waals surface area contributed by atoms with Gasteiger partial charge in [0.1, 0.15) is 11.6 Å². The maximum Gasteiger partial charge on any atom is 0.260 e. The Morgan fingerprint density at radius 1 is 0.926 bits per heavy atom. The number of amides is 2. The van der Waals surface area contributed by atoms with Crippen molar-refractivity contribution in [3.63, 3.8) is 0 Å². The summed E-state index contributed by atoms with van der Waals surface area (Å²) in [6.07, 6.45) is 0. The molecule has 6 heteroatoms.